The molecule has 0 unspecified atom stereocenters. The number of anilines is 1. The molecule has 0 fully saturated rings. The largest absolute Gasteiger partial charge is 0.261 e. The van der Waals surface area contributed by atoms with Gasteiger partial charge in [0.15, 0.2) is 6.19 Å². The summed E-state index contributed by atoms with van der Waals surface area (Å²) in [6, 6.07) is 0. The van der Waals surface area contributed by atoms with Gasteiger partial charge in [-0.25, -0.2) is 0 Å². The molecule has 0 atom stereocenters. The van der Waals surface area contributed by atoms with E-state index in [1.54, 1.807) is 6.19 Å². The summed E-state index contributed by atoms with van der Waals surface area (Å²) in [5, 5.41) is 10.3. The molecule has 0 saturated heterocycles. The molecule has 5 nitrogen and oxygen atoms in total. The Morgan fingerprint density at radius 1 is 1.60 bits per heavy atom. The van der Waals surface area contributed by atoms with E-state index in [0.717, 1.165) is 0 Å². The number of hydrogen-bond acceptors (Lipinski definition) is 5. The average Bonchev–Trinajstić information content (AvgIpc) is 1.88. The molecule has 49 valence electrons. The third-order valence-corrected chi connectivity index (χ3v) is 0.833. The van der Waals surface area contributed by atoms with E-state index in [1.165, 1.54) is 0 Å². The van der Waals surface area contributed by atoms with Crippen LogP contribution in [0.5, 0.6) is 0 Å². The number of rotatable bonds is 1. The maximum Gasteiger partial charge on any atom is 0.241 e. The highest BCUT2D eigenvalue weighted by Gasteiger charge is 1.94. The Morgan fingerprint density at radius 3 is 3.00 bits per heavy atom. The van der Waals surface area contributed by atoms with E-state index in [0.29, 0.717) is 0 Å². The normalized spacial score (nSPS) is 8.40. The first-order chi connectivity index (χ1) is 4.83. The van der Waals surface area contributed by atoms with E-state index in [1.807, 2.05) is 0 Å². The van der Waals surface area contributed by atoms with Gasteiger partial charge in [-0.05, 0) is 11.6 Å². The topological polar surface area (TPSA) is 74.5 Å². The van der Waals surface area contributed by atoms with Crippen molar-refractivity contribution in [3.8, 4) is 6.19 Å². The van der Waals surface area contributed by atoms with Gasteiger partial charge in [-0.2, -0.15) is 20.2 Å². The van der Waals surface area contributed by atoms with Gasteiger partial charge in [0.05, 0.1) is 0 Å². The van der Waals surface area contributed by atoms with Crippen molar-refractivity contribution in [2.24, 2.45) is 0 Å². The fraction of sp³-hybridized carbons (Fsp3) is 0. The summed E-state index contributed by atoms with van der Waals surface area (Å²) in [7, 11) is 0. The lowest BCUT2D eigenvalue weighted by atomic mass is 10.9. The lowest BCUT2D eigenvalue weighted by molar-refractivity contribution is 1.04. The second-order valence-corrected chi connectivity index (χ2v) is 1.60. The lowest BCUT2D eigenvalue weighted by Gasteiger charge is -1.90. The predicted octanol–water partition coefficient (Wildman–Crippen LogP) is 0.218. The summed E-state index contributed by atoms with van der Waals surface area (Å²) in [5.41, 5.74) is 0. The highest BCUT2D eigenvalue weighted by atomic mass is 35.5. The van der Waals surface area contributed by atoms with Crippen molar-refractivity contribution < 1.29 is 0 Å². The van der Waals surface area contributed by atoms with Crippen molar-refractivity contribution in [3.63, 3.8) is 0 Å². The summed E-state index contributed by atoms with van der Waals surface area (Å²) in [6.07, 6.45) is 3.84. The maximum absolute atomic E-state index is 8.09. The summed E-state index contributed by atoms with van der Waals surface area (Å²) >= 11 is 5.34. The molecule has 0 aromatic carbocycles. The van der Waals surface area contributed by atoms with Crippen molar-refractivity contribution in [2.75, 3.05) is 5.32 Å². The van der Waals surface area contributed by atoms with Gasteiger partial charge < -0.3 is 0 Å². The van der Waals surface area contributed by atoms with Crippen molar-refractivity contribution in [1.82, 2.24) is 15.0 Å². The molecule has 0 bridgehead atoms. The van der Waals surface area contributed by atoms with Crippen molar-refractivity contribution >= 4 is 17.5 Å². The van der Waals surface area contributed by atoms with Crippen LogP contribution >= 0.6 is 11.6 Å². The molecular weight excluding hydrogens is 154 g/mol. The number of aromatic nitrogens is 3. The molecule has 0 saturated carbocycles. The van der Waals surface area contributed by atoms with E-state index < -0.39 is 0 Å². The fourth-order valence-corrected chi connectivity index (χ4v) is 0.475. The average molecular weight is 155 g/mol. The van der Waals surface area contributed by atoms with Crippen LogP contribution in [0.1, 0.15) is 0 Å². The minimum Gasteiger partial charge on any atom is -0.261 e. The molecule has 0 spiro atoms. The van der Waals surface area contributed by atoms with E-state index >= 15 is 0 Å². The Labute approximate surface area is 61.7 Å². The van der Waals surface area contributed by atoms with Crippen molar-refractivity contribution in [3.05, 3.63) is 11.6 Å². The van der Waals surface area contributed by atoms with Gasteiger partial charge in [0, 0.05) is 0 Å². The van der Waals surface area contributed by atoms with Crippen LogP contribution in [0.25, 0.3) is 0 Å². The molecule has 1 aromatic rings. The summed E-state index contributed by atoms with van der Waals surface area (Å²) in [4.78, 5) is 10.4. The number of nitrogens with one attached hydrogen (secondary N) is 1. The third-order valence-electron chi connectivity index (χ3n) is 0.664. The van der Waals surface area contributed by atoms with Crippen LogP contribution in [0.4, 0.5) is 5.95 Å². The first-order valence-corrected chi connectivity index (χ1v) is 2.63. The summed E-state index contributed by atoms with van der Waals surface area (Å²) < 4.78 is 0. The molecule has 1 radical (unpaired) electrons. The maximum atomic E-state index is 8.09. The zero-order valence-corrected chi connectivity index (χ0v) is 5.42. The van der Waals surface area contributed by atoms with Crippen LogP contribution in [0.15, 0.2) is 0 Å². The second-order valence-electron chi connectivity index (χ2n) is 1.26. The molecule has 0 aliphatic rings. The highest BCUT2D eigenvalue weighted by Crippen LogP contribution is 1.99. The minimum atomic E-state index is 0.00718. The molecule has 0 aliphatic carbocycles. The van der Waals surface area contributed by atoms with Gasteiger partial charge in [0.25, 0.3) is 0 Å². The smallest absolute Gasteiger partial charge is 0.241 e. The fourth-order valence-electron chi connectivity index (χ4n) is 0.357. The van der Waals surface area contributed by atoms with E-state index in [-0.39, 0.29) is 11.2 Å². The molecular formula is C4HClN5. The van der Waals surface area contributed by atoms with E-state index in [4.69, 9.17) is 16.9 Å². The first-order valence-electron chi connectivity index (χ1n) is 2.25. The van der Waals surface area contributed by atoms with Gasteiger partial charge in [0.2, 0.25) is 17.6 Å². The van der Waals surface area contributed by atoms with Crippen LogP contribution in [0.3, 0.4) is 0 Å². The van der Waals surface area contributed by atoms with Gasteiger partial charge in [-0.15, -0.1) is 0 Å². The molecule has 10 heavy (non-hydrogen) atoms. The van der Waals surface area contributed by atoms with Crippen LogP contribution in [-0.2, 0) is 0 Å². The van der Waals surface area contributed by atoms with Crippen LogP contribution in [0, 0.1) is 17.8 Å². The standard InChI is InChI=1S/C4HClN5/c5-3-8-2-9-4(10-3)7-1-6/h(H,7,8,9,10). The van der Waals surface area contributed by atoms with Gasteiger partial charge >= 0.3 is 0 Å². The Hall–Kier alpha value is -1.41. The van der Waals surface area contributed by atoms with Crippen LogP contribution in [-0.4, -0.2) is 15.0 Å². The molecule has 0 aliphatic heterocycles. The number of hydrogen-bond donors (Lipinski definition) is 1. The molecule has 1 aromatic heterocycles. The summed E-state index contributed by atoms with van der Waals surface area (Å²) in [6.45, 7) is 0. The Balaban J connectivity index is 2.87. The minimum absolute atomic E-state index is 0.00718. The summed E-state index contributed by atoms with van der Waals surface area (Å²) in [5.74, 6) is 0.0995. The number of nitrogens with zero attached hydrogens (tertiary/aromatic N) is 4. The highest BCUT2D eigenvalue weighted by molar-refractivity contribution is 6.28. The number of nitriles is 1. The monoisotopic (exact) mass is 154 g/mol. The quantitative estimate of drug-likeness (QED) is 0.463. The second kappa shape index (κ2) is 2.94. The van der Waals surface area contributed by atoms with E-state index in [2.05, 4.69) is 26.6 Å². The van der Waals surface area contributed by atoms with E-state index in [9.17, 15) is 0 Å². The molecule has 6 heteroatoms. The van der Waals surface area contributed by atoms with Gasteiger partial charge in [0.1, 0.15) is 0 Å². The van der Waals surface area contributed by atoms with Crippen molar-refractivity contribution in [1.29, 1.82) is 5.26 Å². The zero-order valence-electron chi connectivity index (χ0n) is 4.67. The Morgan fingerprint density at radius 2 is 2.40 bits per heavy atom. The number of halogens is 1. The molecule has 1 heterocycles. The van der Waals surface area contributed by atoms with Gasteiger partial charge in [-0.1, -0.05) is 0 Å². The molecule has 0 amide bonds. The van der Waals surface area contributed by atoms with Crippen LogP contribution in [0.2, 0.25) is 5.28 Å². The molecule has 1 rings (SSSR count). The Kier molecular flexibility index (Phi) is 1.97. The predicted molar refractivity (Wildman–Crippen MR) is 32.9 cm³/mol. The van der Waals surface area contributed by atoms with Crippen LogP contribution < -0.4 is 5.32 Å². The SMILES string of the molecule is N#CNc1n[c]nc(Cl)n1. The molecule has 1 N–H and O–H groups in total. The first kappa shape index (κ1) is 6.71. The van der Waals surface area contributed by atoms with Gasteiger partial charge in [-0.3, -0.25) is 5.32 Å². The van der Waals surface area contributed by atoms with Crippen molar-refractivity contribution in [2.45, 2.75) is 0 Å². The third kappa shape index (κ3) is 1.53. The lowest BCUT2D eigenvalue weighted by Crippen LogP contribution is -1.96. The zero-order chi connectivity index (χ0) is 7.40. The Bertz CT molecular complexity index is 267.